The van der Waals surface area contributed by atoms with E-state index in [1.165, 1.54) is 25.7 Å². The summed E-state index contributed by atoms with van der Waals surface area (Å²) in [5.41, 5.74) is 1.01. The fourth-order valence-electron chi connectivity index (χ4n) is 1.65. The first-order valence-electron chi connectivity index (χ1n) is 5.65. The van der Waals surface area contributed by atoms with E-state index in [0.717, 1.165) is 18.4 Å². The summed E-state index contributed by atoms with van der Waals surface area (Å²) in [6, 6.07) is 1.94. The molecule has 0 saturated carbocycles. The lowest BCUT2D eigenvalue weighted by molar-refractivity contribution is 0.163. The molecule has 0 aromatic carbocycles. The molecule has 1 rings (SSSR count). The molecular formula is C12H21NO. The Morgan fingerprint density at radius 2 is 2.07 bits per heavy atom. The fraction of sp³-hybridized carbons (Fsp3) is 0.667. The Bertz CT molecular complexity index is 218. The molecule has 0 aliphatic rings. The van der Waals surface area contributed by atoms with Crippen LogP contribution in [0.3, 0.4) is 0 Å². The summed E-state index contributed by atoms with van der Waals surface area (Å²) in [5.74, 6) is 0. The number of nitrogens with one attached hydrogen (secondary N) is 1. The molecule has 0 fully saturated rings. The molecule has 0 saturated heterocycles. The van der Waals surface area contributed by atoms with Crippen LogP contribution in [-0.4, -0.2) is 10.1 Å². The van der Waals surface area contributed by atoms with Crippen molar-refractivity contribution in [2.45, 2.75) is 51.6 Å². The molecule has 0 radical (unpaired) electrons. The second-order valence-corrected chi connectivity index (χ2v) is 3.86. The van der Waals surface area contributed by atoms with Crippen molar-refractivity contribution in [3.8, 4) is 0 Å². The molecule has 1 heterocycles. The average molecular weight is 195 g/mol. The molecule has 2 heteroatoms. The van der Waals surface area contributed by atoms with Crippen LogP contribution in [0.15, 0.2) is 18.5 Å². The molecule has 1 aromatic heterocycles. The normalized spacial score (nSPS) is 13.0. The standard InChI is InChI=1S/C12H21NO/c1-2-3-4-5-6-7-12(14)11-8-9-13-10-11/h8-10,12-14H,2-7H2,1H3. The van der Waals surface area contributed by atoms with Gasteiger partial charge in [0, 0.05) is 12.4 Å². The zero-order chi connectivity index (χ0) is 10.2. The Kier molecular flexibility index (Phi) is 5.38. The summed E-state index contributed by atoms with van der Waals surface area (Å²) in [4.78, 5) is 2.96. The molecule has 2 N–H and O–H groups in total. The van der Waals surface area contributed by atoms with Gasteiger partial charge in [0.2, 0.25) is 0 Å². The average Bonchev–Trinajstić information content (AvgIpc) is 2.70. The van der Waals surface area contributed by atoms with Gasteiger partial charge in [0.15, 0.2) is 0 Å². The topological polar surface area (TPSA) is 36.0 Å². The van der Waals surface area contributed by atoms with Gasteiger partial charge in [-0.2, -0.15) is 0 Å². The highest BCUT2D eigenvalue weighted by Gasteiger charge is 2.06. The van der Waals surface area contributed by atoms with E-state index in [1.54, 1.807) is 0 Å². The van der Waals surface area contributed by atoms with E-state index in [2.05, 4.69) is 11.9 Å². The lowest BCUT2D eigenvalue weighted by Gasteiger charge is -2.07. The number of unbranched alkanes of at least 4 members (excludes halogenated alkanes) is 4. The van der Waals surface area contributed by atoms with Crippen LogP contribution in [0.25, 0.3) is 0 Å². The molecule has 14 heavy (non-hydrogen) atoms. The summed E-state index contributed by atoms with van der Waals surface area (Å²) in [6.07, 6.45) is 10.6. The SMILES string of the molecule is CCCCCCCC(O)c1cc[nH]c1. The third-order valence-electron chi connectivity index (χ3n) is 2.59. The van der Waals surface area contributed by atoms with Gasteiger partial charge in [-0.05, 0) is 18.1 Å². The van der Waals surface area contributed by atoms with Crippen molar-refractivity contribution in [3.05, 3.63) is 24.0 Å². The summed E-state index contributed by atoms with van der Waals surface area (Å²) < 4.78 is 0. The van der Waals surface area contributed by atoms with Gasteiger partial charge in [-0.15, -0.1) is 0 Å². The Morgan fingerprint density at radius 3 is 2.71 bits per heavy atom. The Labute approximate surface area is 86.4 Å². The highest BCUT2D eigenvalue weighted by atomic mass is 16.3. The molecule has 1 aromatic rings. The van der Waals surface area contributed by atoms with Gasteiger partial charge in [-0.1, -0.05) is 39.0 Å². The predicted octanol–water partition coefficient (Wildman–Crippen LogP) is 3.41. The maximum atomic E-state index is 9.75. The number of hydrogen-bond acceptors (Lipinski definition) is 1. The van der Waals surface area contributed by atoms with Gasteiger partial charge in [0.05, 0.1) is 6.10 Å². The molecule has 1 atom stereocenters. The Balaban J connectivity index is 2.07. The lowest BCUT2D eigenvalue weighted by atomic mass is 10.0. The summed E-state index contributed by atoms with van der Waals surface area (Å²) in [7, 11) is 0. The van der Waals surface area contributed by atoms with E-state index in [-0.39, 0.29) is 6.10 Å². The van der Waals surface area contributed by atoms with Crippen molar-refractivity contribution in [1.29, 1.82) is 0 Å². The molecule has 0 amide bonds. The molecule has 0 aliphatic heterocycles. The summed E-state index contributed by atoms with van der Waals surface area (Å²) >= 11 is 0. The van der Waals surface area contributed by atoms with Gasteiger partial charge >= 0.3 is 0 Å². The molecule has 0 bridgehead atoms. The van der Waals surface area contributed by atoms with Gasteiger partial charge in [0.25, 0.3) is 0 Å². The van der Waals surface area contributed by atoms with Crippen LogP contribution in [0.4, 0.5) is 0 Å². The van der Waals surface area contributed by atoms with Crippen LogP contribution in [0.5, 0.6) is 0 Å². The minimum absolute atomic E-state index is 0.275. The van der Waals surface area contributed by atoms with E-state index in [0.29, 0.717) is 0 Å². The van der Waals surface area contributed by atoms with E-state index in [9.17, 15) is 5.11 Å². The molecule has 1 unspecified atom stereocenters. The maximum Gasteiger partial charge on any atom is 0.0804 e. The highest BCUT2D eigenvalue weighted by molar-refractivity contribution is 5.11. The first kappa shape index (κ1) is 11.3. The number of aliphatic hydroxyl groups excluding tert-OH is 1. The van der Waals surface area contributed by atoms with E-state index in [1.807, 2.05) is 18.5 Å². The van der Waals surface area contributed by atoms with E-state index >= 15 is 0 Å². The van der Waals surface area contributed by atoms with Crippen molar-refractivity contribution in [2.24, 2.45) is 0 Å². The van der Waals surface area contributed by atoms with Crippen molar-refractivity contribution < 1.29 is 5.11 Å². The van der Waals surface area contributed by atoms with Crippen molar-refractivity contribution >= 4 is 0 Å². The van der Waals surface area contributed by atoms with Gasteiger partial charge in [-0.3, -0.25) is 0 Å². The van der Waals surface area contributed by atoms with Crippen LogP contribution >= 0.6 is 0 Å². The maximum absolute atomic E-state index is 9.75. The number of aromatic nitrogens is 1. The van der Waals surface area contributed by atoms with Crippen LogP contribution in [-0.2, 0) is 0 Å². The quantitative estimate of drug-likeness (QED) is 0.643. The van der Waals surface area contributed by atoms with Gasteiger partial charge in [-0.25, -0.2) is 0 Å². The number of aromatic amines is 1. The predicted molar refractivity (Wildman–Crippen MR) is 59.1 cm³/mol. The van der Waals surface area contributed by atoms with E-state index in [4.69, 9.17) is 0 Å². The first-order valence-corrected chi connectivity index (χ1v) is 5.65. The second-order valence-electron chi connectivity index (χ2n) is 3.86. The van der Waals surface area contributed by atoms with E-state index < -0.39 is 0 Å². The van der Waals surface area contributed by atoms with Crippen LogP contribution in [0.1, 0.15) is 57.1 Å². The van der Waals surface area contributed by atoms with Crippen molar-refractivity contribution in [1.82, 2.24) is 4.98 Å². The van der Waals surface area contributed by atoms with Gasteiger partial charge in [0.1, 0.15) is 0 Å². The zero-order valence-electron chi connectivity index (χ0n) is 9.00. The Morgan fingerprint density at radius 1 is 1.29 bits per heavy atom. The second kappa shape index (κ2) is 6.66. The minimum Gasteiger partial charge on any atom is -0.388 e. The van der Waals surface area contributed by atoms with Gasteiger partial charge < -0.3 is 10.1 Å². The number of hydrogen-bond donors (Lipinski definition) is 2. The van der Waals surface area contributed by atoms with Crippen LogP contribution in [0, 0.1) is 0 Å². The lowest BCUT2D eigenvalue weighted by Crippen LogP contribution is -1.95. The highest BCUT2D eigenvalue weighted by Crippen LogP contribution is 2.19. The monoisotopic (exact) mass is 195 g/mol. The first-order chi connectivity index (χ1) is 6.84. The van der Waals surface area contributed by atoms with Crippen molar-refractivity contribution in [2.75, 3.05) is 0 Å². The van der Waals surface area contributed by atoms with Crippen LogP contribution < -0.4 is 0 Å². The number of rotatable bonds is 7. The van der Waals surface area contributed by atoms with Crippen molar-refractivity contribution in [3.63, 3.8) is 0 Å². The van der Waals surface area contributed by atoms with Crippen LogP contribution in [0.2, 0.25) is 0 Å². The summed E-state index contributed by atoms with van der Waals surface area (Å²) in [5, 5.41) is 9.75. The molecule has 80 valence electrons. The molecule has 0 aliphatic carbocycles. The fourth-order valence-corrected chi connectivity index (χ4v) is 1.65. The molecule has 2 nitrogen and oxygen atoms in total. The number of H-pyrrole nitrogens is 1. The molecule has 0 spiro atoms. The Hall–Kier alpha value is -0.760. The third kappa shape index (κ3) is 3.97. The largest absolute Gasteiger partial charge is 0.388 e. The smallest absolute Gasteiger partial charge is 0.0804 e. The summed E-state index contributed by atoms with van der Waals surface area (Å²) in [6.45, 7) is 2.22. The third-order valence-corrected chi connectivity index (χ3v) is 2.59. The minimum atomic E-state index is -0.275. The zero-order valence-corrected chi connectivity index (χ0v) is 9.00. The number of aliphatic hydroxyl groups is 1. The molecular weight excluding hydrogens is 174 g/mol.